The Labute approximate surface area is 114 Å². The minimum atomic E-state index is -1.01. The molecule has 5 nitrogen and oxygen atoms in total. The second kappa shape index (κ2) is 5.57. The van der Waals surface area contributed by atoms with Gasteiger partial charge < -0.3 is 14.7 Å². The molecule has 0 aliphatic heterocycles. The first-order chi connectivity index (χ1) is 8.65. The van der Waals surface area contributed by atoms with Gasteiger partial charge in [-0.3, -0.25) is 4.98 Å². The SMILES string of the molecule is Cc1cc(OCC(C)(C)N(C)C)c(C(=O)O)c(C)n1. The van der Waals surface area contributed by atoms with Gasteiger partial charge in [0.25, 0.3) is 0 Å². The molecule has 0 unspecified atom stereocenters. The molecule has 0 spiro atoms. The Morgan fingerprint density at radius 1 is 1.42 bits per heavy atom. The van der Waals surface area contributed by atoms with E-state index in [1.54, 1.807) is 13.0 Å². The molecule has 0 saturated carbocycles. The smallest absolute Gasteiger partial charge is 0.341 e. The van der Waals surface area contributed by atoms with Crippen LogP contribution < -0.4 is 4.74 Å². The van der Waals surface area contributed by atoms with E-state index in [2.05, 4.69) is 4.98 Å². The Balaban J connectivity index is 3.04. The largest absolute Gasteiger partial charge is 0.491 e. The average Bonchev–Trinajstić information content (AvgIpc) is 2.24. The molecule has 0 amide bonds. The average molecular weight is 266 g/mol. The third-order valence-corrected chi connectivity index (χ3v) is 3.30. The molecule has 1 aromatic heterocycles. The van der Waals surface area contributed by atoms with Gasteiger partial charge in [-0.25, -0.2) is 4.79 Å². The van der Waals surface area contributed by atoms with Gasteiger partial charge in [0.15, 0.2) is 0 Å². The Morgan fingerprint density at radius 2 is 2.00 bits per heavy atom. The Kier molecular flexibility index (Phi) is 4.52. The quantitative estimate of drug-likeness (QED) is 0.884. The van der Waals surface area contributed by atoms with Crippen molar-refractivity contribution in [1.29, 1.82) is 0 Å². The van der Waals surface area contributed by atoms with E-state index in [1.807, 2.05) is 39.8 Å². The fraction of sp³-hybridized carbons (Fsp3) is 0.571. The molecule has 0 bridgehead atoms. The number of aromatic carboxylic acids is 1. The predicted molar refractivity (Wildman–Crippen MR) is 73.9 cm³/mol. The van der Waals surface area contributed by atoms with Crippen molar-refractivity contribution in [3.63, 3.8) is 0 Å². The first-order valence-corrected chi connectivity index (χ1v) is 6.17. The highest BCUT2D eigenvalue weighted by Crippen LogP contribution is 2.24. The molecular weight excluding hydrogens is 244 g/mol. The lowest BCUT2D eigenvalue weighted by Gasteiger charge is -2.32. The number of hydrogen-bond donors (Lipinski definition) is 1. The van der Waals surface area contributed by atoms with Gasteiger partial charge in [-0.05, 0) is 41.8 Å². The minimum absolute atomic E-state index is 0.139. The Morgan fingerprint density at radius 3 is 2.47 bits per heavy atom. The van der Waals surface area contributed by atoms with E-state index in [9.17, 15) is 9.90 Å². The molecule has 106 valence electrons. The zero-order valence-corrected chi connectivity index (χ0v) is 12.4. The summed E-state index contributed by atoms with van der Waals surface area (Å²) in [6, 6.07) is 1.67. The number of carboxylic acid groups (broad SMARTS) is 1. The summed E-state index contributed by atoms with van der Waals surface area (Å²) in [5, 5.41) is 9.25. The van der Waals surface area contributed by atoms with Crippen molar-refractivity contribution in [1.82, 2.24) is 9.88 Å². The molecule has 1 heterocycles. The van der Waals surface area contributed by atoms with E-state index in [4.69, 9.17) is 4.74 Å². The summed E-state index contributed by atoms with van der Waals surface area (Å²) < 4.78 is 5.72. The van der Waals surface area contributed by atoms with Crippen molar-refractivity contribution in [3.8, 4) is 5.75 Å². The Hall–Kier alpha value is -1.62. The van der Waals surface area contributed by atoms with E-state index < -0.39 is 5.97 Å². The first kappa shape index (κ1) is 15.4. The van der Waals surface area contributed by atoms with Crippen LogP contribution in [0, 0.1) is 13.8 Å². The fourth-order valence-corrected chi connectivity index (χ4v) is 1.55. The van der Waals surface area contributed by atoms with Gasteiger partial charge in [-0.1, -0.05) is 0 Å². The summed E-state index contributed by atoms with van der Waals surface area (Å²) in [5.41, 5.74) is 1.19. The molecule has 5 heteroatoms. The molecule has 0 aliphatic rings. The third kappa shape index (κ3) is 3.67. The number of ether oxygens (including phenoxy) is 1. The number of aromatic nitrogens is 1. The van der Waals surface area contributed by atoms with E-state index in [0.717, 1.165) is 5.69 Å². The zero-order chi connectivity index (χ0) is 14.8. The summed E-state index contributed by atoms with van der Waals surface area (Å²) in [4.78, 5) is 17.5. The van der Waals surface area contributed by atoms with Crippen LogP contribution in [0.5, 0.6) is 5.75 Å². The lowest BCUT2D eigenvalue weighted by Crippen LogP contribution is -2.43. The van der Waals surface area contributed by atoms with Gasteiger partial charge in [-0.2, -0.15) is 0 Å². The number of aryl methyl sites for hydroxylation is 2. The lowest BCUT2D eigenvalue weighted by atomic mass is 10.1. The molecule has 1 N–H and O–H groups in total. The van der Waals surface area contributed by atoms with E-state index in [-0.39, 0.29) is 11.1 Å². The van der Waals surface area contributed by atoms with Gasteiger partial charge in [0.05, 0.1) is 5.69 Å². The maximum absolute atomic E-state index is 11.3. The molecule has 0 saturated heterocycles. The summed E-state index contributed by atoms with van der Waals surface area (Å²) in [7, 11) is 3.93. The van der Waals surface area contributed by atoms with Crippen molar-refractivity contribution in [2.75, 3.05) is 20.7 Å². The van der Waals surface area contributed by atoms with Crippen LogP contribution in [0.15, 0.2) is 6.07 Å². The van der Waals surface area contributed by atoms with Crippen LogP contribution in [-0.2, 0) is 0 Å². The van der Waals surface area contributed by atoms with Crippen molar-refractivity contribution >= 4 is 5.97 Å². The minimum Gasteiger partial charge on any atom is -0.491 e. The standard InChI is InChI=1S/C14H22N2O3/c1-9-7-11(12(13(17)18)10(2)15-9)19-8-14(3,4)16(5)6/h7H,8H2,1-6H3,(H,17,18). The van der Waals surface area contributed by atoms with Crippen molar-refractivity contribution in [2.45, 2.75) is 33.2 Å². The Bertz CT molecular complexity index is 482. The number of rotatable bonds is 5. The van der Waals surface area contributed by atoms with Crippen LogP contribution in [0.1, 0.15) is 35.6 Å². The van der Waals surface area contributed by atoms with Gasteiger partial charge in [0.2, 0.25) is 0 Å². The van der Waals surface area contributed by atoms with Crippen LogP contribution in [0.3, 0.4) is 0 Å². The molecule has 1 aromatic rings. The summed E-state index contributed by atoms with van der Waals surface area (Å²) in [6.07, 6.45) is 0. The van der Waals surface area contributed by atoms with Crippen molar-refractivity contribution < 1.29 is 14.6 Å². The van der Waals surface area contributed by atoms with Crippen LogP contribution in [0.2, 0.25) is 0 Å². The lowest BCUT2D eigenvalue weighted by molar-refractivity contribution is 0.0682. The number of pyridine rings is 1. The summed E-state index contributed by atoms with van der Waals surface area (Å²) in [5.74, 6) is -0.630. The van der Waals surface area contributed by atoms with Crippen molar-refractivity contribution in [2.24, 2.45) is 0 Å². The van der Waals surface area contributed by atoms with Gasteiger partial charge >= 0.3 is 5.97 Å². The fourth-order valence-electron chi connectivity index (χ4n) is 1.55. The number of carbonyl (C=O) groups is 1. The normalized spacial score (nSPS) is 11.7. The number of nitrogens with zero attached hydrogens (tertiary/aromatic N) is 2. The van der Waals surface area contributed by atoms with E-state index >= 15 is 0 Å². The predicted octanol–water partition coefficient (Wildman–Crippen LogP) is 2.12. The summed E-state index contributed by atoms with van der Waals surface area (Å²) >= 11 is 0. The molecule has 0 radical (unpaired) electrons. The number of carboxylic acids is 1. The number of hydrogen-bond acceptors (Lipinski definition) is 4. The second-order valence-corrected chi connectivity index (χ2v) is 5.52. The first-order valence-electron chi connectivity index (χ1n) is 6.17. The van der Waals surface area contributed by atoms with Crippen LogP contribution in [0.25, 0.3) is 0 Å². The van der Waals surface area contributed by atoms with Gasteiger partial charge in [-0.15, -0.1) is 0 Å². The number of likely N-dealkylation sites (N-methyl/N-ethyl adjacent to an activating group) is 1. The molecule has 19 heavy (non-hydrogen) atoms. The van der Waals surface area contributed by atoms with Crippen LogP contribution in [-0.4, -0.2) is 47.2 Å². The summed E-state index contributed by atoms with van der Waals surface area (Å²) in [6.45, 7) is 7.98. The highest BCUT2D eigenvalue weighted by atomic mass is 16.5. The second-order valence-electron chi connectivity index (χ2n) is 5.52. The molecule has 1 rings (SSSR count). The highest BCUT2D eigenvalue weighted by Gasteiger charge is 2.24. The maximum atomic E-state index is 11.3. The zero-order valence-electron chi connectivity index (χ0n) is 12.4. The van der Waals surface area contributed by atoms with Gasteiger partial charge in [0.1, 0.15) is 17.9 Å². The molecular formula is C14H22N2O3. The van der Waals surface area contributed by atoms with E-state index in [1.165, 1.54) is 0 Å². The maximum Gasteiger partial charge on any atom is 0.341 e. The van der Waals surface area contributed by atoms with Gasteiger partial charge in [0, 0.05) is 17.3 Å². The molecule has 0 aromatic carbocycles. The third-order valence-electron chi connectivity index (χ3n) is 3.30. The van der Waals surface area contributed by atoms with Crippen LogP contribution >= 0.6 is 0 Å². The van der Waals surface area contributed by atoms with Crippen LogP contribution in [0.4, 0.5) is 0 Å². The van der Waals surface area contributed by atoms with E-state index in [0.29, 0.717) is 18.1 Å². The molecule has 0 aliphatic carbocycles. The van der Waals surface area contributed by atoms with Crippen molar-refractivity contribution in [3.05, 3.63) is 23.0 Å². The highest BCUT2D eigenvalue weighted by molar-refractivity contribution is 5.92. The topological polar surface area (TPSA) is 62.7 Å². The monoisotopic (exact) mass is 266 g/mol. The molecule has 0 atom stereocenters. The molecule has 0 fully saturated rings.